The number of aliphatic hydroxyl groups excluding tert-OH is 1. The van der Waals surface area contributed by atoms with Crippen LogP contribution < -0.4 is 9.47 Å². The standard InChI is InChI=1S/C16H23NO4/c1-19-13-4-6-17(7-5-13)11-14(18)12-2-3-15-16(10-12)21-9-8-20-15/h2-3,10,13-14,18H,4-9,11H2,1H3. The van der Waals surface area contributed by atoms with E-state index in [4.69, 9.17) is 14.2 Å². The van der Waals surface area contributed by atoms with Crippen LogP contribution in [-0.4, -0.2) is 56.1 Å². The van der Waals surface area contributed by atoms with Crippen molar-refractivity contribution < 1.29 is 19.3 Å². The smallest absolute Gasteiger partial charge is 0.161 e. The summed E-state index contributed by atoms with van der Waals surface area (Å²) in [6.07, 6.45) is 1.93. The predicted molar refractivity (Wildman–Crippen MR) is 78.9 cm³/mol. The van der Waals surface area contributed by atoms with Gasteiger partial charge in [-0.3, -0.25) is 0 Å². The minimum Gasteiger partial charge on any atom is -0.486 e. The number of piperidine rings is 1. The van der Waals surface area contributed by atoms with Crippen LogP contribution in [-0.2, 0) is 4.74 Å². The Bertz CT molecular complexity index is 471. The number of nitrogens with zero attached hydrogens (tertiary/aromatic N) is 1. The highest BCUT2D eigenvalue weighted by Crippen LogP contribution is 2.33. The second-order valence-electron chi connectivity index (χ2n) is 5.65. The Hall–Kier alpha value is -1.30. The van der Waals surface area contributed by atoms with Crippen LogP contribution in [0.1, 0.15) is 24.5 Å². The molecule has 0 amide bonds. The average molecular weight is 293 g/mol. The first-order valence-electron chi connectivity index (χ1n) is 7.59. The van der Waals surface area contributed by atoms with Crippen molar-refractivity contribution in [1.82, 2.24) is 4.90 Å². The van der Waals surface area contributed by atoms with E-state index in [0.29, 0.717) is 25.9 Å². The number of ether oxygens (including phenoxy) is 3. The Morgan fingerprint density at radius 3 is 2.67 bits per heavy atom. The second kappa shape index (κ2) is 6.64. The number of fused-ring (bicyclic) bond motifs is 1. The number of benzene rings is 1. The van der Waals surface area contributed by atoms with Gasteiger partial charge in [0.25, 0.3) is 0 Å². The first kappa shape index (κ1) is 14.6. The molecule has 116 valence electrons. The van der Waals surface area contributed by atoms with Crippen LogP contribution in [0.25, 0.3) is 0 Å². The van der Waals surface area contributed by atoms with E-state index in [-0.39, 0.29) is 0 Å². The van der Waals surface area contributed by atoms with Gasteiger partial charge in [0.15, 0.2) is 11.5 Å². The van der Waals surface area contributed by atoms with Crippen molar-refractivity contribution in [3.8, 4) is 11.5 Å². The molecule has 5 nitrogen and oxygen atoms in total. The summed E-state index contributed by atoms with van der Waals surface area (Å²) in [5.41, 5.74) is 0.883. The predicted octanol–water partition coefficient (Wildman–Crippen LogP) is 1.60. The summed E-state index contributed by atoms with van der Waals surface area (Å²) in [6, 6.07) is 5.69. The lowest BCUT2D eigenvalue weighted by Gasteiger charge is -2.32. The molecule has 0 aromatic heterocycles. The lowest BCUT2D eigenvalue weighted by molar-refractivity contribution is 0.0241. The van der Waals surface area contributed by atoms with E-state index in [1.165, 1.54) is 0 Å². The summed E-state index contributed by atoms with van der Waals surface area (Å²) in [6.45, 7) is 3.75. The van der Waals surface area contributed by atoms with Crippen LogP contribution in [0.4, 0.5) is 0 Å². The summed E-state index contributed by atoms with van der Waals surface area (Å²) in [5, 5.41) is 10.4. The van der Waals surface area contributed by atoms with Crippen LogP contribution in [0.2, 0.25) is 0 Å². The number of methoxy groups -OCH3 is 1. The maximum atomic E-state index is 10.4. The average Bonchev–Trinajstić information content (AvgIpc) is 2.55. The Morgan fingerprint density at radius 2 is 1.95 bits per heavy atom. The summed E-state index contributed by atoms with van der Waals surface area (Å²) in [5.74, 6) is 1.49. The first-order chi connectivity index (χ1) is 10.3. The van der Waals surface area contributed by atoms with Gasteiger partial charge < -0.3 is 24.2 Å². The molecule has 2 aliphatic rings. The van der Waals surface area contributed by atoms with E-state index >= 15 is 0 Å². The molecule has 0 aliphatic carbocycles. The zero-order valence-corrected chi connectivity index (χ0v) is 12.5. The van der Waals surface area contributed by atoms with Crippen LogP contribution in [0.5, 0.6) is 11.5 Å². The van der Waals surface area contributed by atoms with Crippen LogP contribution in [0.3, 0.4) is 0 Å². The van der Waals surface area contributed by atoms with Gasteiger partial charge in [0.05, 0.1) is 12.2 Å². The minimum absolute atomic E-state index is 0.368. The summed E-state index contributed by atoms with van der Waals surface area (Å²) in [7, 11) is 1.77. The van der Waals surface area contributed by atoms with Gasteiger partial charge in [-0.2, -0.15) is 0 Å². The van der Waals surface area contributed by atoms with Gasteiger partial charge in [0.1, 0.15) is 13.2 Å². The third-order valence-corrected chi connectivity index (χ3v) is 4.25. The molecule has 3 rings (SSSR count). The van der Waals surface area contributed by atoms with E-state index in [0.717, 1.165) is 43.0 Å². The molecular formula is C16H23NO4. The fourth-order valence-electron chi connectivity index (χ4n) is 2.94. The molecule has 1 N–H and O–H groups in total. The van der Waals surface area contributed by atoms with Crippen LogP contribution in [0, 0.1) is 0 Å². The van der Waals surface area contributed by atoms with Crippen molar-refractivity contribution >= 4 is 0 Å². The number of rotatable bonds is 4. The number of hydrogen-bond acceptors (Lipinski definition) is 5. The highest BCUT2D eigenvalue weighted by Gasteiger charge is 2.22. The van der Waals surface area contributed by atoms with Crippen molar-refractivity contribution in [3.05, 3.63) is 23.8 Å². The highest BCUT2D eigenvalue weighted by molar-refractivity contribution is 5.44. The van der Waals surface area contributed by atoms with Gasteiger partial charge in [-0.25, -0.2) is 0 Å². The number of aliphatic hydroxyl groups is 1. The zero-order chi connectivity index (χ0) is 14.7. The Kier molecular flexibility index (Phi) is 4.63. The van der Waals surface area contributed by atoms with Crippen molar-refractivity contribution in [2.45, 2.75) is 25.0 Å². The van der Waals surface area contributed by atoms with Gasteiger partial charge in [-0.1, -0.05) is 6.07 Å². The van der Waals surface area contributed by atoms with Gasteiger partial charge in [0.2, 0.25) is 0 Å². The topological polar surface area (TPSA) is 51.2 Å². The molecule has 0 saturated carbocycles. The Labute approximate surface area is 125 Å². The molecular weight excluding hydrogens is 270 g/mol. The van der Waals surface area contributed by atoms with Gasteiger partial charge in [-0.15, -0.1) is 0 Å². The third-order valence-electron chi connectivity index (χ3n) is 4.25. The fraction of sp³-hybridized carbons (Fsp3) is 0.625. The van der Waals surface area contributed by atoms with E-state index in [1.807, 2.05) is 18.2 Å². The number of hydrogen-bond donors (Lipinski definition) is 1. The largest absolute Gasteiger partial charge is 0.486 e. The molecule has 0 radical (unpaired) electrons. The highest BCUT2D eigenvalue weighted by atomic mass is 16.6. The summed E-state index contributed by atoms with van der Waals surface area (Å²) in [4.78, 5) is 2.29. The Balaban J connectivity index is 1.59. The molecule has 21 heavy (non-hydrogen) atoms. The molecule has 1 saturated heterocycles. The zero-order valence-electron chi connectivity index (χ0n) is 12.5. The van der Waals surface area contributed by atoms with Gasteiger partial charge in [-0.05, 0) is 30.5 Å². The molecule has 1 fully saturated rings. The minimum atomic E-state index is -0.500. The Morgan fingerprint density at radius 1 is 1.24 bits per heavy atom. The molecule has 0 bridgehead atoms. The van der Waals surface area contributed by atoms with E-state index < -0.39 is 6.10 Å². The normalized spacial score (nSPS) is 21.2. The van der Waals surface area contributed by atoms with Crippen molar-refractivity contribution in [3.63, 3.8) is 0 Å². The lowest BCUT2D eigenvalue weighted by Crippen LogP contribution is -2.38. The third kappa shape index (κ3) is 3.48. The maximum Gasteiger partial charge on any atom is 0.161 e. The van der Waals surface area contributed by atoms with E-state index in [2.05, 4.69) is 4.90 Å². The van der Waals surface area contributed by atoms with E-state index in [1.54, 1.807) is 7.11 Å². The molecule has 1 aromatic carbocycles. The fourth-order valence-corrected chi connectivity index (χ4v) is 2.94. The maximum absolute atomic E-state index is 10.4. The molecule has 1 unspecified atom stereocenters. The molecule has 2 aliphatic heterocycles. The second-order valence-corrected chi connectivity index (χ2v) is 5.65. The van der Waals surface area contributed by atoms with Crippen molar-refractivity contribution in [2.75, 3.05) is 40.0 Å². The van der Waals surface area contributed by atoms with Crippen LogP contribution in [0.15, 0.2) is 18.2 Å². The van der Waals surface area contributed by atoms with Crippen LogP contribution >= 0.6 is 0 Å². The molecule has 2 heterocycles. The monoisotopic (exact) mass is 293 g/mol. The van der Waals surface area contributed by atoms with Gasteiger partial charge in [0, 0.05) is 26.7 Å². The molecule has 1 atom stereocenters. The van der Waals surface area contributed by atoms with Gasteiger partial charge >= 0.3 is 0 Å². The quantitative estimate of drug-likeness (QED) is 0.914. The number of likely N-dealkylation sites (tertiary alicyclic amines) is 1. The summed E-state index contributed by atoms with van der Waals surface area (Å²) >= 11 is 0. The number of β-amino-alcohol motifs (C(OH)–C–C–N with tert-alkyl or cyclic N) is 1. The molecule has 1 aromatic rings. The first-order valence-corrected chi connectivity index (χ1v) is 7.59. The van der Waals surface area contributed by atoms with E-state index in [9.17, 15) is 5.11 Å². The molecule has 0 spiro atoms. The summed E-state index contributed by atoms with van der Waals surface area (Å²) < 4.78 is 16.4. The lowest BCUT2D eigenvalue weighted by atomic mass is 10.0. The van der Waals surface area contributed by atoms with Crippen molar-refractivity contribution in [1.29, 1.82) is 0 Å². The SMILES string of the molecule is COC1CCN(CC(O)c2ccc3c(c2)OCCO3)CC1. The van der Waals surface area contributed by atoms with Crippen molar-refractivity contribution in [2.24, 2.45) is 0 Å². The molecule has 5 heteroatoms.